The molecule has 2 aromatic rings. The molecule has 1 aliphatic rings. The zero-order valence-corrected chi connectivity index (χ0v) is 12.8. The van der Waals surface area contributed by atoms with Gasteiger partial charge in [-0.25, -0.2) is 0 Å². The molecule has 0 unspecified atom stereocenters. The molecule has 4 heteroatoms. The molecule has 21 heavy (non-hydrogen) atoms. The van der Waals surface area contributed by atoms with Crippen molar-refractivity contribution in [2.75, 3.05) is 6.54 Å². The second-order valence-electron chi connectivity index (χ2n) is 5.77. The molecule has 0 radical (unpaired) electrons. The summed E-state index contributed by atoms with van der Waals surface area (Å²) in [6.07, 6.45) is 0.802. The topological polar surface area (TPSA) is 37.4 Å². The van der Waals surface area contributed by atoms with E-state index in [4.69, 9.17) is 11.6 Å². The summed E-state index contributed by atoms with van der Waals surface area (Å²) in [5.41, 5.74) is 1.13. The average Bonchev–Trinajstić information content (AvgIpc) is 2.45. The first-order valence-corrected chi connectivity index (χ1v) is 7.46. The van der Waals surface area contributed by atoms with E-state index >= 15 is 0 Å². The number of rotatable bonds is 3. The van der Waals surface area contributed by atoms with E-state index in [2.05, 4.69) is 13.8 Å². The van der Waals surface area contributed by atoms with Gasteiger partial charge in [-0.2, -0.15) is 0 Å². The monoisotopic (exact) mass is 301 g/mol. The van der Waals surface area contributed by atoms with Gasteiger partial charge < -0.3 is 0 Å². The fourth-order valence-electron chi connectivity index (χ4n) is 2.70. The summed E-state index contributed by atoms with van der Waals surface area (Å²) >= 11 is 6.18. The van der Waals surface area contributed by atoms with Crippen molar-refractivity contribution in [3.05, 3.63) is 46.5 Å². The number of benzene rings is 2. The highest BCUT2D eigenvalue weighted by atomic mass is 35.5. The summed E-state index contributed by atoms with van der Waals surface area (Å²) in [4.78, 5) is 26.6. The van der Waals surface area contributed by atoms with Crippen LogP contribution in [0.25, 0.3) is 10.8 Å². The van der Waals surface area contributed by atoms with Crippen molar-refractivity contribution in [2.24, 2.45) is 5.92 Å². The molecule has 2 amide bonds. The van der Waals surface area contributed by atoms with Gasteiger partial charge in [0.2, 0.25) is 0 Å². The van der Waals surface area contributed by atoms with Gasteiger partial charge in [0.15, 0.2) is 0 Å². The molecule has 0 atom stereocenters. The van der Waals surface area contributed by atoms with Crippen molar-refractivity contribution in [3.63, 3.8) is 0 Å². The van der Waals surface area contributed by atoms with E-state index in [0.717, 1.165) is 11.8 Å². The molecule has 1 aliphatic heterocycles. The van der Waals surface area contributed by atoms with Gasteiger partial charge in [0.1, 0.15) is 0 Å². The zero-order chi connectivity index (χ0) is 15.1. The lowest BCUT2D eigenvalue weighted by Gasteiger charge is -2.27. The van der Waals surface area contributed by atoms with Gasteiger partial charge in [-0.3, -0.25) is 14.5 Å². The average molecular weight is 302 g/mol. The molecule has 0 aromatic heterocycles. The van der Waals surface area contributed by atoms with E-state index < -0.39 is 0 Å². The second kappa shape index (κ2) is 5.15. The second-order valence-corrected chi connectivity index (χ2v) is 6.17. The molecular weight excluding hydrogens is 286 g/mol. The van der Waals surface area contributed by atoms with Crippen LogP contribution >= 0.6 is 11.6 Å². The van der Waals surface area contributed by atoms with Gasteiger partial charge in [0, 0.05) is 33.5 Å². The number of hydrogen-bond acceptors (Lipinski definition) is 2. The van der Waals surface area contributed by atoms with Crippen LogP contribution in [0, 0.1) is 5.92 Å². The van der Waals surface area contributed by atoms with E-state index in [-0.39, 0.29) is 11.8 Å². The van der Waals surface area contributed by atoms with Gasteiger partial charge in [0.25, 0.3) is 11.8 Å². The maximum atomic E-state index is 12.6. The quantitative estimate of drug-likeness (QED) is 0.799. The highest BCUT2D eigenvalue weighted by Gasteiger charge is 2.32. The van der Waals surface area contributed by atoms with Crippen LogP contribution in [0.1, 0.15) is 41.0 Å². The van der Waals surface area contributed by atoms with Crippen LogP contribution in [0.2, 0.25) is 5.02 Å². The summed E-state index contributed by atoms with van der Waals surface area (Å²) in [7, 11) is 0. The Bertz CT molecular complexity index is 730. The zero-order valence-electron chi connectivity index (χ0n) is 12.0. The van der Waals surface area contributed by atoms with Crippen LogP contribution in [-0.2, 0) is 0 Å². The predicted molar refractivity (Wildman–Crippen MR) is 83.8 cm³/mol. The van der Waals surface area contributed by atoms with Crippen molar-refractivity contribution < 1.29 is 9.59 Å². The van der Waals surface area contributed by atoms with E-state index in [9.17, 15) is 9.59 Å². The Hall–Kier alpha value is -1.87. The largest absolute Gasteiger partial charge is 0.274 e. The Balaban J connectivity index is 2.15. The van der Waals surface area contributed by atoms with E-state index in [1.54, 1.807) is 18.2 Å². The number of hydrogen-bond donors (Lipinski definition) is 0. The smallest absolute Gasteiger partial charge is 0.261 e. The lowest BCUT2D eigenvalue weighted by atomic mass is 9.93. The first-order chi connectivity index (χ1) is 10.0. The van der Waals surface area contributed by atoms with E-state index in [0.29, 0.717) is 34.0 Å². The minimum Gasteiger partial charge on any atom is -0.274 e. The first-order valence-electron chi connectivity index (χ1n) is 7.08. The third kappa shape index (κ3) is 2.22. The highest BCUT2D eigenvalue weighted by Crippen LogP contribution is 2.34. The normalized spacial score (nSPS) is 14.4. The molecule has 0 bridgehead atoms. The third-order valence-electron chi connectivity index (χ3n) is 3.87. The maximum absolute atomic E-state index is 12.6. The first kappa shape index (κ1) is 14.1. The summed E-state index contributed by atoms with van der Waals surface area (Å²) in [5.74, 6) is -0.00459. The summed E-state index contributed by atoms with van der Waals surface area (Å²) in [6.45, 7) is 4.61. The molecule has 0 spiro atoms. The van der Waals surface area contributed by atoms with Crippen LogP contribution in [0.3, 0.4) is 0 Å². The van der Waals surface area contributed by atoms with Gasteiger partial charge in [-0.05, 0) is 30.5 Å². The van der Waals surface area contributed by atoms with Gasteiger partial charge >= 0.3 is 0 Å². The molecule has 3 rings (SSSR count). The summed E-state index contributed by atoms with van der Waals surface area (Å²) in [6, 6.07) is 8.85. The van der Waals surface area contributed by atoms with Crippen molar-refractivity contribution in [3.8, 4) is 0 Å². The van der Waals surface area contributed by atoms with Crippen molar-refractivity contribution >= 4 is 34.2 Å². The molecule has 0 aliphatic carbocycles. The van der Waals surface area contributed by atoms with Crippen molar-refractivity contribution in [1.29, 1.82) is 0 Å². The molecule has 2 aromatic carbocycles. The molecule has 0 fully saturated rings. The number of carbonyl (C=O) groups is 2. The lowest BCUT2D eigenvalue weighted by molar-refractivity contribution is 0.0604. The standard InChI is InChI=1S/C17H16ClNO2/c1-10(2)8-9-19-16(20)12-5-3-4-11-14(18)7-6-13(15(11)12)17(19)21/h3-7,10H,8-9H2,1-2H3. The number of halogens is 1. The SMILES string of the molecule is CC(C)CCN1C(=O)c2cccc3c(Cl)ccc(c23)C1=O. The Kier molecular flexibility index (Phi) is 3.46. The van der Waals surface area contributed by atoms with Crippen LogP contribution < -0.4 is 0 Å². The highest BCUT2D eigenvalue weighted by molar-refractivity contribution is 6.38. The number of carbonyl (C=O) groups excluding carboxylic acids is 2. The van der Waals surface area contributed by atoms with Crippen molar-refractivity contribution in [2.45, 2.75) is 20.3 Å². The van der Waals surface area contributed by atoms with Crippen molar-refractivity contribution in [1.82, 2.24) is 4.90 Å². The number of nitrogens with zero attached hydrogens (tertiary/aromatic N) is 1. The Morgan fingerprint density at radius 2 is 1.71 bits per heavy atom. The van der Waals surface area contributed by atoms with Crippen LogP contribution in [0.5, 0.6) is 0 Å². The van der Waals surface area contributed by atoms with Gasteiger partial charge in [-0.15, -0.1) is 0 Å². The number of amides is 2. The Labute approximate surface area is 128 Å². The molecule has 0 saturated heterocycles. The van der Waals surface area contributed by atoms with Gasteiger partial charge in [0.05, 0.1) is 0 Å². The predicted octanol–water partition coefficient (Wildman–Crippen LogP) is 4.14. The fraction of sp³-hybridized carbons (Fsp3) is 0.294. The van der Waals surface area contributed by atoms with Gasteiger partial charge in [-0.1, -0.05) is 37.6 Å². The van der Waals surface area contributed by atoms with E-state index in [1.807, 2.05) is 12.1 Å². The van der Waals surface area contributed by atoms with Crippen LogP contribution in [-0.4, -0.2) is 23.3 Å². The molecule has 3 nitrogen and oxygen atoms in total. The van der Waals surface area contributed by atoms with Crippen LogP contribution in [0.15, 0.2) is 30.3 Å². The third-order valence-corrected chi connectivity index (χ3v) is 4.20. The number of imide groups is 1. The minimum atomic E-state index is -0.221. The maximum Gasteiger partial charge on any atom is 0.261 e. The van der Waals surface area contributed by atoms with Crippen LogP contribution in [0.4, 0.5) is 0 Å². The molecular formula is C17H16ClNO2. The molecule has 0 N–H and O–H groups in total. The minimum absolute atomic E-state index is 0.221. The summed E-state index contributed by atoms with van der Waals surface area (Å²) < 4.78 is 0. The lowest BCUT2D eigenvalue weighted by Crippen LogP contribution is -2.41. The van der Waals surface area contributed by atoms with E-state index in [1.165, 1.54) is 4.90 Å². The molecule has 1 heterocycles. The fourth-order valence-corrected chi connectivity index (χ4v) is 2.92. The molecule has 0 saturated carbocycles. The molecule has 108 valence electrons. The Morgan fingerprint density at radius 3 is 2.38 bits per heavy atom. The Morgan fingerprint density at radius 1 is 1.05 bits per heavy atom. The summed E-state index contributed by atoms with van der Waals surface area (Å²) in [5, 5.41) is 2.00.